The van der Waals surface area contributed by atoms with Crippen molar-refractivity contribution in [2.75, 3.05) is 25.1 Å². The van der Waals surface area contributed by atoms with E-state index in [1.54, 1.807) is 0 Å². The highest BCUT2D eigenvalue weighted by Gasteiger charge is 2.24. The maximum Gasteiger partial charge on any atom is 0.277 e. The van der Waals surface area contributed by atoms with Gasteiger partial charge in [-0.15, -0.1) is 0 Å². The molecular formula is C18H21N3O4. The van der Waals surface area contributed by atoms with Gasteiger partial charge in [0.1, 0.15) is 0 Å². The van der Waals surface area contributed by atoms with Crippen LogP contribution >= 0.6 is 0 Å². The monoisotopic (exact) mass is 343 g/mol. The summed E-state index contributed by atoms with van der Waals surface area (Å²) >= 11 is 0. The van der Waals surface area contributed by atoms with Gasteiger partial charge in [0.05, 0.1) is 18.1 Å². The fourth-order valence-corrected chi connectivity index (χ4v) is 3.13. The van der Waals surface area contributed by atoms with Crippen molar-refractivity contribution in [1.82, 2.24) is 5.32 Å². The smallest absolute Gasteiger partial charge is 0.277 e. The van der Waals surface area contributed by atoms with Crippen molar-refractivity contribution < 1.29 is 14.8 Å². The minimum absolute atomic E-state index is 0.108. The van der Waals surface area contributed by atoms with Crippen LogP contribution in [0.1, 0.15) is 12.0 Å². The van der Waals surface area contributed by atoms with Crippen molar-refractivity contribution in [1.29, 1.82) is 0 Å². The van der Waals surface area contributed by atoms with Crippen molar-refractivity contribution in [3.63, 3.8) is 0 Å². The second-order valence-corrected chi connectivity index (χ2v) is 6.06. The van der Waals surface area contributed by atoms with Gasteiger partial charge < -0.3 is 20.1 Å². The molecule has 1 aliphatic heterocycles. The van der Waals surface area contributed by atoms with E-state index in [2.05, 4.69) is 22.3 Å². The number of nitrogens with one attached hydrogen (secondary N) is 1. The summed E-state index contributed by atoms with van der Waals surface area (Å²) in [7, 11) is 1.42. The number of hydrogen-bond acceptors (Lipinski definition) is 6. The number of ether oxygens (including phenoxy) is 1. The zero-order valence-corrected chi connectivity index (χ0v) is 14.0. The van der Waals surface area contributed by atoms with E-state index < -0.39 is 4.92 Å². The van der Waals surface area contributed by atoms with Crippen LogP contribution in [0.25, 0.3) is 0 Å². The molecule has 0 aromatic heterocycles. The number of phenols is 1. The van der Waals surface area contributed by atoms with Crippen molar-refractivity contribution >= 4 is 11.4 Å². The Labute approximate surface area is 146 Å². The molecule has 25 heavy (non-hydrogen) atoms. The molecule has 3 rings (SSSR count). The van der Waals surface area contributed by atoms with Crippen LogP contribution in [0.3, 0.4) is 0 Å². The van der Waals surface area contributed by atoms with Crippen LogP contribution in [0.2, 0.25) is 0 Å². The van der Waals surface area contributed by atoms with Crippen LogP contribution in [0, 0.1) is 10.1 Å². The van der Waals surface area contributed by atoms with Gasteiger partial charge in [-0.05, 0) is 24.6 Å². The summed E-state index contributed by atoms with van der Waals surface area (Å²) in [4.78, 5) is 13.0. The molecule has 7 nitrogen and oxygen atoms in total. The molecule has 2 aromatic rings. The van der Waals surface area contributed by atoms with Crippen LogP contribution in [-0.4, -0.2) is 36.3 Å². The molecular weight excluding hydrogens is 322 g/mol. The molecule has 0 amide bonds. The van der Waals surface area contributed by atoms with E-state index in [1.165, 1.54) is 18.9 Å². The van der Waals surface area contributed by atoms with E-state index in [1.807, 2.05) is 18.2 Å². The standard InChI is InChI=1S/C18H21N3O4/c1-25-18-9-13(16(21(23)24)10-17(18)22)11-19-14-7-8-20(12-14)15-5-3-2-4-6-15/h2-6,9-10,14,19,22H,7-8,11-12H2,1H3. The fourth-order valence-electron chi connectivity index (χ4n) is 3.13. The van der Waals surface area contributed by atoms with Gasteiger partial charge in [0.2, 0.25) is 0 Å². The van der Waals surface area contributed by atoms with Gasteiger partial charge in [0.15, 0.2) is 11.5 Å². The summed E-state index contributed by atoms with van der Waals surface area (Å²) in [5.74, 6) is 0.00815. The average Bonchev–Trinajstić information content (AvgIpc) is 3.10. The predicted octanol–water partition coefficient (Wildman–Crippen LogP) is 2.68. The lowest BCUT2D eigenvalue weighted by Gasteiger charge is -2.19. The Morgan fingerprint density at radius 3 is 2.80 bits per heavy atom. The molecule has 132 valence electrons. The SMILES string of the molecule is COc1cc(CNC2CCN(c3ccccc3)C2)c([N+](=O)[O-])cc1O. The van der Waals surface area contributed by atoms with Gasteiger partial charge in [-0.2, -0.15) is 0 Å². The Morgan fingerprint density at radius 1 is 1.36 bits per heavy atom. The lowest BCUT2D eigenvalue weighted by molar-refractivity contribution is -0.385. The Hall–Kier alpha value is -2.80. The first-order chi connectivity index (χ1) is 12.1. The number of anilines is 1. The second-order valence-electron chi connectivity index (χ2n) is 6.06. The number of aromatic hydroxyl groups is 1. The zero-order chi connectivity index (χ0) is 17.8. The first kappa shape index (κ1) is 17.0. The summed E-state index contributed by atoms with van der Waals surface area (Å²) in [5, 5.41) is 24.4. The molecule has 1 unspecified atom stereocenters. The Kier molecular flexibility index (Phi) is 5.04. The van der Waals surface area contributed by atoms with Crippen molar-refractivity contribution in [3.05, 3.63) is 58.1 Å². The third-order valence-electron chi connectivity index (χ3n) is 4.47. The Morgan fingerprint density at radius 2 is 2.12 bits per heavy atom. The van der Waals surface area contributed by atoms with Gasteiger partial charge in [-0.3, -0.25) is 10.1 Å². The lowest BCUT2D eigenvalue weighted by Crippen LogP contribution is -2.32. The topological polar surface area (TPSA) is 87.9 Å². The first-order valence-corrected chi connectivity index (χ1v) is 8.16. The molecule has 2 aromatic carbocycles. The summed E-state index contributed by atoms with van der Waals surface area (Å²) < 4.78 is 5.06. The number of methoxy groups -OCH3 is 1. The minimum atomic E-state index is -0.485. The third-order valence-corrected chi connectivity index (χ3v) is 4.47. The van der Waals surface area contributed by atoms with Crippen LogP contribution in [0.4, 0.5) is 11.4 Å². The first-order valence-electron chi connectivity index (χ1n) is 8.16. The predicted molar refractivity (Wildman–Crippen MR) is 95.2 cm³/mol. The van der Waals surface area contributed by atoms with Gasteiger partial charge in [-0.25, -0.2) is 0 Å². The highest BCUT2D eigenvalue weighted by atomic mass is 16.6. The van der Waals surface area contributed by atoms with E-state index in [9.17, 15) is 15.2 Å². The fraction of sp³-hybridized carbons (Fsp3) is 0.333. The van der Waals surface area contributed by atoms with E-state index in [-0.39, 0.29) is 23.2 Å². The molecule has 1 saturated heterocycles. The van der Waals surface area contributed by atoms with E-state index in [4.69, 9.17) is 4.74 Å². The van der Waals surface area contributed by atoms with E-state index in [0.29, 0.717) is 12.1 Å². The number of phenolic OH excluding ortho intramolecular Hbond substituents is 1. The molecule has 1 aliphatic rings. The maximum atomic E-state index is 11.2. The lowest BCUT2D eigenvalue weighted by atomic mass is 10.1. The largest absolute Gasteiger partial charge is 0.504 e. The number of para-hydroxylation sites is 1. The molecule has 2 N–H and O–H groups in total. The molecule has 0 radical (unpaired) electrons. The summed E-state index contributed by atoms with van der Waals surface area (Å²) in [6.45, 7) is 2.15. The van der Waals surface area contributed by atoms with Gasteiger partial charge in [0.25, 0.3) is 5.69 Å². The van der Waals surface area contributed by atoms with Gasteiger partial charge in [0, 0.05) is 36.9 Å². The number of nitrogens with zero attached hydrogens (tertiary/aromatic N) is 2. The van der Waals surface area contributed by atoms with E-state index in [0.717, 1.165) is 25.6 Å². The number of nitro benzene ring substituents is 1. The maximum absolute atomic E-state index is 11.2. The Balaban J connectivity index is 1.67. The number of benzene rings is 2. The molecule has 1 atom stereocenters. The second kappa shape index (κ2) is 7.40. The molecule has 1 fully saturated rings. The molecule has 1 heterocycles. The van der Waals surface area contributed by atoms with Crippen LogP contribution < -0.4 is 15.0 Å². The number of nitro groups is 1. The van der Waals surface area contributed by atoms with Gasteiger partial charge in [-0.1, -0.05) is 18.2 Å². The normalized spacial score (nSPS) is 16.8. The molecule has 0 bridgehead atoms. The van der Waals surface area contributed by atoms with Crippen molar-refractivity contribution in [2.24, 2.45) is 0 Å². The van der Waals surface area contributed by atoms with E-state index >= 15 is 0 Å². The molecule has 0 saturated carbocycles. The van der Waals surface area contributed by atoms with Crippen LogP contribution in [0.5, 0.6) is 11.5 Å². The zero-order valence-electron chi connectivity index (χ0n) is 14.0. The van der Waals surface area contributed by atoms with Crippen molar-refractivity contribution in [2.45, 2.75) is 19.0 Å². The third kappa shape index (κ3) is 3.83. The molecule has 7 heteroatoms. The minimum Gasteiger partial charge on any atom is -0.504 e. The number of rotatable bonds is 6. The average molecular weight is 343 g/mol. The van der Waals surface area contributed by atoms with Gasteiger partial charge >= 0.3 is 0 Å². The van der Waals surface area contributed by atoms with Crippen LogP contribution in [-0.2, 0) is 6.54 Å². The summed E-state index contributed by atoms with van der Waals surface area (Å²) in [6.07, 6.45) is 0.970. The molecule has 0 aliphatic carbocycles. The summed E-state index contributed by atoms with van der Waals surface area (Å²) in [6, 6.07) is 13.1. The Bertz CT molecular complexity index is 751. The highest BCUT2D eigenvalue weighted by molar-refractivity contribution is 5.53. The van der Waals surface area contributed by atoms with Crippen molar-refractivity contribution in [3.8, 4) is 11.5 Å². The number of hydrogen-bond donors (Lipinski definition) is 2. The molecule has 0 spiro atoms. The highest BCUT2D eigenvalue weighted by Crippen LogP contribution is 2.33. The van der Waals surface area contributed by atoms with Crippen LogP contribution in [0.15, 0.2) is 42.5 Å². The quantitative estimate of drug-likeness (QED) is 0.619. The summed E-state index contributed by atoms with van der Waals surface area (Å²) in [5.41, 5.74) is 1.57.